The van der Waals surface area contributed by atoms with Gasteiger partial charge in [-0.1, -0.05) is 0 Å². The van der Waals surface area contributed by atoms with E-state index in [1.807, 2.05) is 0 Å². The predicted octanol–water partition coefficient (Wildman–Crippen LogP) is 3.97. The van der Waals surface area contributed by atoms with Crippen LogP contribution in [0.25, 0.3) is 0 Å². The fourth-order valence-electron chi connectivity index (χ4n) is 1.43. The third kappa shape index (κ3) is 2.83. The summed E-state index contributed by atoms with van der Waals surface area (Å²) in [5, 5.41) is 8.88. The van der Waals surface area contributed by atoms with E-state index < -0.39 is 11.6 Å². The largest absolute Gasteiger partial charge is 0.454 e. The average molecular weight is 325 g/mol. The van der Waals surface area contributed by atoms with Crippen molar-refractivity contribution < 1.29 is 13.5 Å². The maximum absolute atomic E-state index is 13.4. The number of halogens is 3. The van der Waals surface area contributed by atoms with Crippen LogP contribution < -0.4 is 10.5 Å². The first-order valence-electron chi connectivity index (χ1n) is 5.13. The van der Waals surface area contributed by atoms with Crippen LogP contribution in [0, 0.1) is 23.0 Å². The molecule has 0 spiro atoms. The van der Waals surface area contributed by atoms with Crippen LogP contribution in [-0.4, -0.2) is 0 Å². The quantitative estimate of drug-likeness (QED) is 0.850. The molecule has 19 heavy (non-hydrogen) atoms. The molecule has 0 aliphatic rings. The Balaban J connectivity index is 2.42. The molecule has 3 nitrogen and oxygen atoms in total. The Kier molecular flexibility index (Phi) is 3.67. The fourth-order valence-corrected chi connectivity index (χ4v) is 1.79. The van der Waals surface area contributed by atoms with Crippen LogP contribution in [0.15, 0.2) is 34.8 Å². The Morgan fingerprint density at radius 1 is 1.16 bits per heavy atom. The minimum Gasteiger partial charge on any atom is -0.454 e. The van der Waals surface area contributed by atoms with Crippen molar-refractivity contribution in [2.75, 3.05) is 5.73 Å². The van der Waals surface area contributed by atoms with E-state index in [0.29, 0.717) is 0 Å². The monoisotopic (exact) mass is 324 g/mol. The zero-order chi connectivity index (χ0) is 14.0. The van der Waals surface area contributed by atoms with E-state index >= 15 is 0 Å². The lowest BCUT2D eigenvalue weighted by Gasteiger charge is -2.10. The summed E-state index contributed by atoms with van der Waals surface area (Å²) in [7, 11) is 0. The Morgan fingerprint density at radius 2 is 1.89 bits per heavy atom. The summed E-state index contributed by atoms with van der Waals surface area (Å²) >= 11 is 2.99. The van der Waals surface area contributed by atoms with E-state index in [9.17, 15) is 8.78 Å². The molecule has 0 aliphatic carbocycles. The van der Waals surface area contributed by atoms with Gasteiger partial charge in [-0.2, -0.15) is 5.26 Å². The van der Waals surface area contributed by atoms with Gasteiger partial charge in [-0.3, -0.25) is 0 Å². The highest BCUT2D eigenvalue weighted by Crippen LogP contribution is 2.33. The van der Waals surface area contributed by atoms with E-state index in [4.69, 9.17) is 15.7 Å². The smallest absolute Gasteiger partial charge is 0.153 e. The van der Waals surface area contributed by atoms with E-state index in [1.54, 1.807) is 6.07 Å². The standard InChI is InChI=1S/C13H7BrF2N2O/c14-9-4-11(18)13(5-10(9)16)19-12-2-1-8(15)3-7(12)6-17/h1-5H,18H2. The molecule has 0 bridgehead atoms. The summed E-state index contributed by atoms with van der Waals surface area (Å²) in [6.07, 6.45) is 0. The van der Waals surface area contributed by atoms with E-state index in [0.717, 1.165) is 18.2 Å². The highest BCUT2D eigenvalue weighted by Gasteiger charge is 2.11. The van der Waals surface area contributed by atoms with Gasteiger partial charge < -0.3 is 10.5 Å². The summed E-state index contributed by atoms with van der Waals surface area (Å²) in [6, 6.07) is 7.68. The summed E-state index contributed by atoms with van der Waals surface area (Å²) in [5.74, 6) is -0.940. The maximum Gasteiger partial charge on any atom is 0.153 e. The Morgan fingerprint density at radius 3 is 2.58 bits per heavy atom. The normalized spacial score (nSPS) is 10.0. The van der Waals surface area contributed by atoms with Crippen molar-refractivity contribution in [3.05, 3.63) is 52.0 Å². The molecule has 0 heterocycles. The van der Waals surface area contributed by atoms with Crippen molar-refractivity contribution in [2.24, 2.45) is 0 Å². The molecule has 96 valence electrons. The molecule has 0 aliphatic heterocycles. The molecule has 0 amide bonds. The first kappa shape index (κ1) is 13.3. The number of rotatable bonds is 2. The Labute approximate surface area is 116 Å². The van der Waals surface area contributed by atoms with Gasteiger partial charge in [0.1, 0.15) is 23.5 Å². The molecule has 0 radical (unpaired) electrons. The first-order chi connectivity index (χ1) is 9.01. The molecule has 2 rings (SSSR count). The van der Waals surface area contributed by atoms with Crippen molar-refractivity contribution in [3.8, 4) is 17.6 Å². The number of benzene rings is 2. The SMILES string of the molecule is N#Cc1cc(F)ccc1Oc1cc(F)c(Br)cc1N. The fraction of sp³-hybridized carbons (Fsp3) is 0. The molecule has 0 unspecified atom stereocenters. The van der Waals surface area contributed by atoms with Crippen LogP contribution in [0.2, 0.25) is 0 Å². The van der Waals surface area contributed by atoms with Crippen molar-refractivity contribution in [3.63, 3.8) is 0 Å². The number of nitrogens with zero attached hydrogens (tertiary/aromatic N) is 1. The molecule has 0 atom stereocenters. The molecular formula is C13H7BrF2N2O. The minimum atomic E-state index is -0.557. The summed E-state index contributed by atoms with van der Waals surface area (Å²) in [6.45, 7) is 0. The van der Waals surface area contributed by atoms with Crippen LogP contribution in [0.3, 0.4) is 0 Å². The van der Waals surface area contributed by atoms with Gasteiger partial charge in [0.25, 0.3) is 0 Å². The predicted molar refractivity (Wildman–Crippen MR) is 69.7 cm³/mol. The second-order valence-electron chi connectivity index (χ2n) is 3.66. The number of nitrogen functional groups attached to an aromatic ring is 1. The number of hydrogen-bond acceptors (Lipinski definition) is 3. The molecule has 6 heteroatoms. The number of ether oxygens (including phenoxy) is 1. The van der Waals surface area contributed by atoms with Crippen LogP contribution >= 0.6 is 15.9 Å². The molecule has 0 saturated heterocycles. The van der Waals surface area contributed by atoms with Gasteiger partial charge in [0.15, 0.2) is 5.75 Å². The molecule has 2 aromatic carbocycles. The van der Waals surface area contributed by atoms with Crippen LogP contribution in [-0.2, 0) is 0 Å². The highest BCUT2D eigenvalue weighted by atomic mass is 79.9. The van der Waals surface area contributed by atoms with Crippen molar-refractivity contribution in [1.29, 1.82) is 5.26 Å². The van der Waals surface area contributed by atoms with Crippen LogP contribution in [0.1, 0.15) is 5.56 Å². The third-order valence-electron chi connectivity index (χ3n) is 2.33. The summed E-state index contributed by atoms with van der Waals surface area (Å²) in [4.78, 5) is 0. The molecule has 0 saturated carbocycles. The lowest BCUT2D eigenvalue weighted by molar-refractivity contribution is 0.475. The van der Waals surface area contributed by atoms with Gasteiger partial charge in [0.2, 0.25) is 0 Å². The lowest BCUT2D eigenvalue weighted by atomic mass is 10.2. The van der Waals surface area contributed by atoms with Crippen molar-refractivity contribution in [1.82, 2.24) is 0 Å². The lowest BCUT2D eigenvalue weighted by Crippen LogP contribution is -1.96. The first-order valence-corrected chi connectivity index (χ1v) is 5.92. The maximum atomic E-state index is 13.4. The minimum absolute atomic E-state index is 0.00252. The van der Waals surface area contributed by atoms with Gasteiger partial charge in [-0.15, -0.1) is 0 Å². The molecule has 2 aromatic rings. The zero-order valence-corrected chi connectivity index (χ0v) is 11.0. The topological polar surface area (TPSA) is 59.0 Å². The second-order valence-corrected chi connectivity index (χ2v) is 4.51. The van der Waals surface area contributed by atoms with Crippen LogP contribution in [0.4, 0.5) is 14.5 Å². The number of nitrogens with two attached hydrogens (primary N) is 1. The van der Waals surface area contributed by atoms with E-state index in [2.05, 4.69) is 15.9 Å². The van der Waals surface area contributed by atoms with E-state index in [-0.39, 0.29) is 27.2 Å². The van der Waals surface area contributed by atoms with Gasteiger partial charge in [0, 0.05) is 6.07 Å². The summed E-state index contributed by atoms with van der Waals surface area (Å²) < 4.78 is 31.9. The van der Waals surface area contributed by atoms with Gasteiger partial charge in [-0.25, -0.2) is 8.78 Å². The molecular weight excluding hydrogens is 318 g/mol. The highest BCUT2D eigenvalue weighted by molar-refractivity contribution is 9.10. The van der Waals surface area contributed by atoms with Crippen molar-refractivity contribution in [2.45, 2.75) is 0 Å². The van der Waals surface area contributed by atoms with Gasteiger partial charge in [-0.05, 0) is 40.2 Å². The van der Waals surface area contributed by atoms with E-state index in [1.165, 1.54) is 12.1 Å². The number of nitriles is 1. The molecule has 0 aromatic heterocycles. The third-order valence-corrected chi connectivity index (χ3v) is 2.94. The van der Waals surface area contributed by atoms with Gasteiger partial charge in [0.05, 0.1) is 15.7 Å². The summed E-state index contributed by atoms with van der Waals surface area (Å²) in [5.41, 5.74) is 5.88. The Bertz CT molecular complexity index is 683. The molecule has 2 N–H and O–H groups in total. The second kappa shape index (κ2) is 5.24. The van der Waals surface area contributed by atoms with Crippen molar-refractivity contribution >= 4 is 21.6 Å². The zero-order valence-electron chi connectivity index (χ0n) is 9.45. The average Bonchev–Trinajstić information content (AvgIpc) is 2.37. The number of anilines is 1. The Hall–Kier alpha value is -2.13. The molecule has 0 fully saturated rings. The van der Waals surface area contributed by atoms with Crippen LogP contribution in [0.5, 0.6) is 11.5 Å². The van der Waals surface area contributed by atoms with Gasteiger partial charge >= 0.3 is 0 Å². The number of hydrogen-bond donors (Lipinski definition) is 1.